The molecule has 0 N–H and O–H groups in total. The number of thiophene rings is 1. The summed E-state index contributed by atoms with van der Waals surface area (Å²) in [7, 11) is 0. The van der Waals surface area contributed by atoms with Gasteiger partial charge >= 0.3 is 5.97 Å². The van der Waals surface area contributed by atoms with Crippen molar-refractivity contribution in [2.45, 2.75) is 20.3 Å². The molecule has 0 radical (unpaired) electrons. The first-order chi connectivity index (χ1) is 13.1. The molecule has 0 bridgehead atoms. The molecule has 0 saturated carbocycles. The fourth-order valence-corrected chi connectivity index (χ4v) is 3.63. The summed E-state index contributed by atoms with van der Waals surface area (Å²) in [6, 6.07) is 10.6. The van der Waals surface area contributed by atoms with Gasteiger partial charge in [-0.25, -0.2) is 0 Å². The molecule has 0 aliphatic heterocycles. The predicted octanol–water partition coefficient (Wildman–Crippen LogP) is 3.95. The Balaban J connectivity index is 1.80. The fraction of sp³-hybridized carbons (Fsp3) is 0.333. The van der Waals surface area contributed by atoms with Crippen LogP contribution in [0.15, 0.2) is 51.0 Å². The molecule has 3 rings (SSSR count). The maximum absolute atomic E-state index is 12.5. The molecule has 0 atom stereocenters. The van der Waals surface area contributed by atoms with Crippen molar-refractivity contribution in [3.63, 3.8) is 0 Å². The topological polar surface area (TPSA) is 59.8 Å². The van der Waals surface area contributed by atoms with Gasteiger partial charge in [0.1, 0.15) is 18.0 Å². The normalized spacial score (nSPS) is 11.2. The van der Waals surface area contributed by atoms with Gasteiger partial charge in [0.15, 0.2) is 5.43 Å². The van der Waals surface area contributed by atoms with Gasteiger partial charge in [-0.2, -0.15) is 0 Å². The lowest BCUT2D eigenvalue weighted by atomic mass is 10.1. The predicted molar refractivity (Wildman–Crippen MR) is 108 cm³/mol. The van der Waals surface area contributed by atoms with Gasteiger partial charge in [0.25, 0.3) is 0 Å². The number of carbonyl (C=O) groups excluding carboxylic acids is 1. The van der Waals surface area contributed by atoms with Gasteiger partial charge in [-0.05, 0) is 30.6 Å². The Morgan fingerprint density at radius 2 is 2.00 bits per heavy atom. The molecule has 0 saturated heterocycles. The number of para-hydroxylation sites is 1. The van der Waals surface area contributed by atoms with Gasteiger partial charge in [-0.15, -0.1) is 11.3 Å². The summed E-state index contributed by atoms with van der Waals surface area (Å²) in [5.74, 6) is 0.198. The zero-order valence-corrected chi connectivity index (χ0v) is 16.4. The average Bonchev–Trinajstić information content (AvgIpc) is 3.20. The van der Waals surface area contributed by atoms with Crippen molar-refractivity contribution in [1.29, 1.82) is 0 Å². The van der Waals surface area contributed by atoms with Crippen LogP contribution in [-0.2, 0) is 16.0 Å². The van der Waals surface area contributed by atoms with Gasteiger partial charge < -0.3 is 14.1 Å². The Labute approximate surface area is 162 Å². The van der Waals surface area contributed by atoms with Crippen LogP contribution in [0, 0.1) is 0 Å². The minimum atomic E-state index is -0.321. The average molecular weight is 385 g/mol. The first-order valence-corrected chi connectivity index (χ1v) is 9.98. The molecule has 0 unspecified atom stereocenters. The maximum atomic E-state index is 12.5. The highest BCUT2D eigenvalue weighted by atomic mass is 32.1. The second kappa shape index (κ2) is 8.97. The van der Waals surface area contributed by atoms with Crippen LogP contribution >= 0.6 is 11.3 Å². The third-order valence-electron chi connectivity index (χ3n) is 4.50. The number of esters is 1. The monoisotopic (exact) mass is 385 g/mol. The number of hydrogen-bond acceptors (Lipinski definition) is 6. The van der Waals surface area contributed by atoms with Crippen molar-refractivity contribution in [2.75, 3.05) is 26.2 Å². The van der Waals surface area contributed by atoms with Gasteiger partial charge in [-0.1, -0.05) is 32.0 Å². The maximum Gasteiger partial charge on any atom is 0.310 e. The number of benzene rings is 1. The van der Waals surface area contributed by atoms with Crippen LogP contribution in [0.25, 0.3) is 21.6 Å². The Kier molecular flexibility index (Phi) is 6.42. The van der Waals surface area contributed by atoms with Crippen molar-refractivity contribution in [3.8, 4) is 10.6 Å². The first kappa shape index (κ1) is 19.3. The van der Waals surface area contributed by atoms with Gasteiger partial charge in [0.2, 0.25) is 0 Å². The Morgan fingerprint density at radius 1 is 1.19 bits per heavy atom. The summed E-state index contributed by atoms with van der Waals surface area (Å²) in [4.78, 5) is 27.8. The minimum Gasteiger partial charge on any atom is -0.464 e. The van der Waals surface area contributed by atoms with E-state index in [1.807, 2.05) is 17.5 Å². The number of ether oxygens (including phenoxy) is 1. The van der Waals surface area contributed by atoms with E-state index in [0.717, 1.165) is 18.0 Å². The summed E-state index contributed by atoms with van der Waals surface area (Å²) in [6.07, 6.45) is 0.0758. The molecule has 1 aromatic carbocycles. The van der Waals surface area contributed by atoms with Crippen LogP contribution in [-0.4, -0.2) is 37.1 Å². The van der Waals surface area contributed by atoms with Crippen molar-refractivity contribution in [2.24, 2.45) is 0 Å². The van der Waals surface area contributed by atoms with Crippen molar-refractivity contribution in [1.82, 2.24) is 4.90 Å². The fourth-order valence-electron chi connectivity index (χ4n) is 2.95. The van der Waals surface area contributed by atoms with Crippen LogP contribution in [0.5, 0.6) is 0 Å². The summed E-state index contributed by atoms with van der Waals surface area (Å²) in [5, 5.41) is 2.40. The highest BCUT2D eigenvalue weighted by Crippen LogP contribution is 2.27. The smallest absolute Gasteiger partial charge is 0.310 e. The van der Waals surface area contributed by atoms with E-state index in [2.05, 4.69) is 18.7 Å². The van der Waals surface area contributed by atoms with Crippen molar-refractivity contribution < 1.29 is 13.9 Å². The molecule has 5 nitrogen and oxygen atoms in total. The second-order valence-electron chi connectivity index (χ2n) is 6.17. The lowest BCUT2D eigenvalue weighted by Gasteiger charge is -2.17. The summed E-state index contributed by atoms with van der Waals surface area (Å²) in [5.41, 5.74) is 1.00. The number of carbonyl (C=O) groups is 1. The van der Waals surface area contributed by atoms with Crippen LogP contribution < -0.4 is 5.43 Å². The lowest BCUT2D eigenvalue weighted by Crippen LogP contribution is -2.28. The molecule has 0 aliphatic rings. The minimum absolute atomic E-state index is 0.0758. The zero-order valence-electron chi connectivity index (χ0n) is 15.6. The number of likely N-dealkylation sites (N-methyl/N-ethyl adjacent to an activating group) is 1. The summed E-state index contributed by atoms with van der Waals surface area (Å²) in [6.45, 7) is 7.08. The van der Waals surface area contributed by atoms with E-state index in [4.69, 9.17) is 9.15 Å². The SMILES string of the molecule is CCN(CC)CCOC(=O)Cc1cccc2c(=O)cc(-c3cccs3)oc12. The number of nitrogens with zero attached hydrogens (tertiary/aromatic N) is 1. The molecule has 0 fully saturated rings. The van der Waals surface area contributed by atoms with Crippen LogP contribution in [0.1, 0.15) is 19.4 Å². The van der Waals surface area contributed by atoms with Crippen LogP contribution in [0.4, 0.5) is 0 Å². The van der Waals surface area contributed by atoms with E-state index >= 15 is 0 Å². The zero-order chi connectivity index (χ0) is 19.2. The Morgan fingerprint density at radius 3 is 2.70 bits per heavy atom. The number of rotatable bonds is 8. The second-order valence-corrected chi connectivity index (χ2v) is 7.12. The Bertz CT molecular complexity index is 958. The standard InChI is InChI=1S/C21H23NO4S/c1-3-22(4-2)10-11-25-20(24)13-15-7-5-8-16-17(23)14-18(26-21(15)16)19-9-6-12-27-19/h5-9,12,14H,3-4,10-11,13H2,1-2H3. The summed E-state index contributed by atoms with van der Waals surface area (Å²) >= 11 is 1.50. The Hall–Kier alpha value is -2.44. The van der Waals surface area contributed by atoms with E-state index in [1.54, 1.807) is 18.2 Å². The number of fused-ring (bicyclic) bond motifs is 1. The van der Waals surface area contributed by atoms with E-state index in [0.29, 0.717) is 35.4 Å². The first-order valence-electron chi connectivity index (χ1n) is 9.10. The van der Waals surface area contributed by atoms with Crippen LogP contribution in [0.2, 0.25) is 0 Å². The molecule has 0 aliphatic carbocycles. The van der Waals surface area contributed by atoms with Crippen molar-refractivity contribution in [3.05, 3.63) is 57.6 Å². The highest BCUT2D eigenvalue weighted by Gasteiger charge is 2.14. The van der Waals surface area contributed by atoms with E-state index in [-0.39, 0.29) is 17.8 Å². The molecule has 142 valence electrons. The number of hydrogen-bond donors (Lipinski definition) is 0. The lowest BCUT2D eigenvalue weighted by molar-refractivity contribution is -0.143. The summed E-state index contributed by atoms with van der Waals surface area (Å²) < 4.78 is 11.4. The molecular weight excluding hydrogens is 362 g/mol. The quantitative estimate of drug-likeness (QED) is 0.550. The van der Waals surface area contributed by atoms with Crippen molar-refractivity contribution >= 4 is 28.3 Å². The molecule has 27 heavy (non-hydrogen) atoms. The van der Waals surface area contributed by atoms with Gasteiger partial charge in [0.05, 0.1) is 16.7 Å². The van der Waals surface area contributed by atoms with E-state index < -0.39 is 0 Å². The molecule has 0 amide bonds. The van der Waals surface area contributed by atoms with Crippen LogP contribution in [0.3, 0.4) is 0 Å². The molecule has 2 heterocycles. The third kappa shape index (κ3) is 4.64. The largest absolute Gasteiger partial charge is 0.464 e. The molecule has 3 aromatic rings. The third-order valence-corrected chi connectivity index (χ3v) is 5.38. The molecule has 2 aromatic heterocycles. The van der Waals surface area contributed by atoms with Gasteiger partial charge in [0, 0.05) is 18.2 Å². The van der Waals surface area contributed by atoms with E-state index in [1.165, 1.54) is 17.4 Å². The molecule has 6 heteroatoms. The molecule has 0 spiro atoms. The van der Waals surface area contributed by atoms with Gasteiger partial charge in [-0.3, -0.25) is 9.59 Å². The molecular formula is C21H23NO4S. The highest BCUT2D eigenvalue weighted by molar-refractivity contribution is 7.13. The van der Waals surface area contributed by atoms with E-state index in [9.17, 15) is 9.59 Å².